The Kier molecular flexibility index (Phi) is 4.12. The molecule has 1 aromatic rings. The highest BCUT2D eigenvalue weighted by Crippen LogP contribution is 2.22. The SMILES string of the molecule is C=C(C)CCC(NC)c1cncs1. The molecule has 72 valence electrons. The second-order valence-corrected chi connectivity index (χ2v) is 4.16. The summed E-state index contributed by atoms with van der Waals surface area (Å²) < 4.78 is 0. The molecule has 0 aromatic carbocycles. The smallest absolute Gasteiger partial charge is 0.0794 e. The summed E-state index contributed by atoms with van der Waals surface area (Å²) in [5.41, 5.74) is 3.12. The molecule has 0 amide bonds. The highest BCUT2D eigenvalue weighted by atomic mass is 32.1. The maximum atomic E-state index is 4.07. The molecule has 0 aliphatic rings. The molecule has 1 heterocycles. The van der Waals surface area contributed by atoms with E-state index in [1.165, 1.54) is 10.5 Å². The molecular weight excluding hydrogens is 180 g/mol. The van der Waals surface area contributed by atoms with E-state index in [0.717, 1.165) is 12.8 Å². The van der Waals surface area contributed by atoms with Crippen molar-refractivity contribution in [2.24, 2.45) is 0 Å². The second-order valence-electron chi connectivity index (χ2n) is 3.24. The Morgan fingerprint density at radius 3 is 3.00 bits per heavy atom. The summed E-state index contributed by atoms with van der Waals surface area (Å²) >= 11 is 1.70. The van der Waals surface area contributed by atoms with Crippen LogP contribution in [0.15, 0.2) is 23.9 Å². The predicted molar refractivity (Wildman–Crippen MR) is 58.0 cm³/mol. The molecule has 1 aromatic heterocycles. The fourth-order valence-corrected chi connectivity index (χ4v) is 1.98. The van der Waals surface area contributed by atoms with Gasteiger partial charge in [0, 0.05) is 17.1 Å². The van der Waals surface area contributed by atoms with E-state index >= 15 is 0 Å². The largest absolute Gasteiger partial charge is 0.312 e. The van der Waals surface area contributed by atoms with Crippen LogP contribution in [-0.2, 0) is 0 Å². The van der Waals surface area contributed by atoms with Crippen LogP contribution in [0.1, 0.15) is 30.7 Å². The molecule has 1 unspecified atom stereocenters. The molecule has 2 nitrogen and oxygen atoms in total. The Hall–Kier alpha value is -0.670. The van der Waals surface area contributed by atoms with Crippen molar-refractivity contribution in [2.45, 2.75) is 25.8 Å². The first-order valence-corrected chi connectivity index (χ1v) is 5.32. The lowest BCUT2D eigenvalue weighted by molar-refractivity contribution is 0.556. The first-order valence-electron chi connectivity index (χ1n) is 4.44. The molecule has 1 N–H and O–H groups in total. The van der Waals surface area contributed by atoms with Crippen LogP contribution in [0.3, 0.4) is 0 Å². The van der Waals surface area contributed by atoms with Crippen LogP contribution < -0.4 is 5.32 Å². The van der Waals surface area contributed by atoms with Crippen molar-refractivity contribution in [3.05, 3.63) is 28.7 Å². The second kappa shape index (κ2) is 5.14. The van der Waals surface area contributed by atoms with E-state index in [4.69, 9.17) is 0 Å². The van der Waals surface area contributed by atoms with Gasteiger partial charge in [-0.1, -0.05) is 5.57 Å². The van der Waals surface area contributed by atoms with E-state index in [1.54, 1.807) is 11.3 Å². The van der Waals surface area contributed by atoms with Crippen molar-refractivity contribution in [1.82, 2.24) is 10.3 Å². The normalized spacial score (nSPS) is 12.8. The maximum absolute atomic E-state index is 4.07. The van der Waals surface area contributed by atoms with Crippen molar-refractivity contribution in [2.75, 3.05) is 7.05 Å². The van der Waals surface area contributed by atoms with Gasteiger partial charge in [-0.15, -0.1) is 17.9 Å². The minimum atomic E-state index is 0.434. The molecule has 0 aliphatic carbocycles. The summed E-state index contributed by atoms with van der Waals surface area (Å²) in [4.78, 5) is 5.38. The van der Waals surface area contributed by atoms with Gasteiger partial charge in [-0.05, 0) is 26.8 Å². The number of aromatic nitrogens is 1. The molecule has 0 radical (unpaired) electrons. The number of hydrogen-bond donors (Lipinski definition) is 1. The minimum Gasteiger partial charge on any atom is -0.312 e. The number of nitrogens with one attached hydrogen (secondary N) is 1. The number of thiazole rings is 1. The van der Waals surface area contributed by atoms with E-state index < -0.39 is 0 Å². The van der Waals surface area contributed by atoms with Gasteiger partial charge in [0.25, 0.3) is 0 Å². The zero-order valence-electron chi connectivity index (χ0n) is 8.21. The molecule has 0 spiro atoms. The average molecular weight is 196 g/mol. The molecule has 3 heteroatoms. The van der Waals surface area contributed by atoms with Crippen molar-refractivity contribution in [3.63, 3.8) is 0 Å². The molecule has 1 rings (SSSR count). The van der Waals surface area contributed by atoms with Gasteiger partial charge >= 0.3 is 0 Å². The Balaban J connectivity index is 2.49. The lowest BCUT2D eigenvalue weighted by atomic mass is 10.1. The summed E-state index contributed by atoms with van der Waals surface area (Å²) in [7, 11) is 1.99. The standard InChI is InChI=1S/C10H16N2S/c1-8(2)4-5-9(11-3)10-6-12-7-13-10/h6-7,9,11H,1,4-5H2,2-3H3. The third-order valence-electron chi connectivity index (χ3n) is 2.00. The summed E-state index contributed by atoms with van der Waals surface area (Å²) in [5.74, 6) is 0. The first-order chi connectivity index (χ1) is 6.24. The van der Waals surface area contributed by atoms with Gasteiger partial charge in [-0.25, -0.2) is 0 Å². The van der Waals surface area contributed by atoms with Crippen LogP contribution in [-0.4, -0.2) is 12.0 Å². The molecule has 0 fully saturated rings. The van der Waals surface area contributed by atoms with Crippen LogP contribution in [0.4, 0.5) is 0 Å². The van der Waals surface area contributed by atoms with Gasteiger partial charge in [0.1, 0.15) is 0 Å². The van der Waals surface area contributed by atoms with Gasteiger partial charge in [-0.2, -0.15) is 0 Å². The van der Waals surface area contributed by atoms with Crippen LogP contribution in [0, 0.1) is 0 Å². The van der Waals surface area contributed by atoms with Crippen LogP contribution in [0.25, 0.3) is 0 Å². The topological polar surface area (TPSA) is 24.9 Å². The van der Waals surface area contributed by atoms with E-state index in [2.05, 4.69) is 23.8 Å². The Bertz CT molecular complexity index is 254. The molecule has 0 bridgehead atoms. The molecule has 13 heavy (non-hydrogen) atoms. The number of allylic oxidation sites excluding steroid dienone is 1. The number of hydrogen-bond acceptors (Lipinski definition) is 3. The third kappa shape index (κ3) is 3.28. The van der Waals surface area contributed by atoms with Crippen molar-refractivity contribution < 1.29 is 0 Å². The van der Waals surface area contributed by atoms with Crippen molar-refractivity contribution in [1.29, 1.82) is 0 Å². The molecule has 0 saturated heterocycles. The van der Waals surface area contributed by atoms with Crippen LogP contribution in [0.2, 0.25) is 0 Å². The van der Waals surface area contributed by atoms with Gasteiger partial charge in [0.05, 0.1) is 5.51 Å². The quantitative estimate of drug-likeness (QED) is 0.732. The Morgan fingerprint density at radius 2 is 2.54 bits per heavy atom. The lowest BCUT2D eigenvalue weighted by Gasteiger charge is -2.13. The highest BCUT2D eigenvalue weighted by molar-refractivity contribution is 7.09. The van der Waals surface area contributed by atoms with E-state index in [-0.39, 0.29) is 0 Å². The highest BCUT2D eigenvalue weighted by Gasteiger charge is 2.09. The van der Waals surface area contributed by atoms with Crippen molar-refractivity contribution in [3.8, 4) is 0 Å². The summed E-state index contributed by atoms with van der Waals surface area (Å²) in [6.07, 6.45) is 4.11. The van der Waals surface area contributed by atoms with E-state index in [9.17, 15) is 0 Å². The monoisotopic (exact) mass is 196 g/mol. The van der Waals surface area contributed by atoms with Crippen LogP contribution in [0.5, 0.6) is 0 Å². The lowest BCUT2D eigenvalue weighted by Crippen LogP contribution is -2.15. The maximum Gasteiger partial charge on any atom is 0.0794 e. The fraction of sp³-hybridized carbons (Fsp3) is 0.500. The van der Waals surface area contributed by atoms with Gasteiger partial charge in [0.2, 0.25) is 0 Å². The van der Waals surface area contributed by atoms with Crippen LogP contribution >= 0.6 is 11.3 Å². The third-order valence-corrected chi connectivity index (χ3v) is 2.89. The Morgan fingerprint density at radius 1 is 1.77 bits per heavy atom. The van der Waals surface area contributed by atoms with Gasteiger partial charge in [0.15, 0.2) is 0 Å². The molecule has 0 saturated carbocycles. The average Bonchev–Trinajstić information content (AvgIpc) is 2.58. The van der Waals surface area contributed by atoms with Gasteiger partial charge in [-0.3, -0.25) is 4.98 Å². The Labute approximate surface area is 83.7 Å². The number of rotatable bonds is 5. The number of nitrogens with zero attached hydrogens (tertiary/aromatic N) is 1. The fourth-order valence-electron chi connectivity index (χ4n) is 1.22. The summed E-state index contributed by atoms with van der Waals surface area (Å²) in [6.45, 7) is 5.97. The molecular formula is C10H16N2S. The van der Waals surface area contributed by atoms with E-state index in [0.29, 0.717) is 6.04 Å². The molecule has 1 atom stereocenters. The van der Waals surface area contributed by atoms with E-state index in [1.807, 2.05) is 18.8 Å². The minimum absolute atomic E-state index is 0.434. The first kappa shape index (κ1) is 10.4. The predicted octanol–water partition coefficient (Wildman–Crippen LogP) is 2.76. The van der Waals surface area contributed by atoms with Crippen molar-refractivity contribution >= 4 is 11.3 Å². The summed E-state index contributed by atoms with van der Waals surface area (Å²) in [5, 5.41) is 3.29. The zero-order chi connectivity index (χ0) is 9.68. The molecule has 0 aliphatic heterocycles. The zero-order valence-corrected chi connectivity index (χ0v) is 9.03. The van der Waals surface area contributed by atoms with Gasteiger partial charge < -0.3 is 5.32 Å². The summed E-state index contributed by atoms with van der Waals surface area (Å²) in [6, 6.07) is 0.434.